The summed E-state index contributed by atoms with van der Waals surface area (Å²) >= 11 is 1.45. The maximum absolute atomic E-state index is 13.4. The van der Waals surface area contributed by atoms with Crippen LogP contribution < -0.4 is 24.6 Å². The van der Waals surface area contributed by atoms with E-state index >= 15 is 0 Å². The van der Waals surface area contributed by atoms with Gasteiger partial charge in [0.25, 0.3) is 6.17 Å². The number of carbonyl (C=O) groups excluding carboxylic acids is 1. The van der Waals surface area contributed by atoms with Gasteiger partial charge in [0, 0.05) is 17.1 Å². The lowest BCUT2D eigenvalue weighted by atomic mass is 10.0. The summed E-state index contributed by atoms with van der Waals surface area (Å²) in [4.78, 5) is 31.3. The number of nitrogens with one attached hydrogen (secondary N) is 1. The summed E-state index contributed by atoms with van der Waals surface area (Å²) in [6, 6.07) is 13.0. The molecular weight excluding hydrogens is 428 g/mol. The maximum Gasteiger partial charge on any atom is 0.325 e. The molecule has 8 nitrogen and oxygen atoms in total. The van der Waals surface area contributed by atoms with Gasteiger partial charge in [-0.1, -0.05) is 37.7 Å². The lowest BCUT2D eigenvalue weighted by molar-refractivity contribution is -0.763. The summed E-state index contributed by atoms with van der Waals surface area (Å²) in [6.45, 7) is 4.13. The molecule has 1 atom stereocenters. The number of amides is 1. The SMILES string of the molecule is CCCC(=O)N1c2ccccc2-c2c(=O)[nH]c(SCC)n[n+]2C1c1ccc2c(c1)OCO2. The molecule has 0 saturated carbocycles. The van der Waals surface area contributed by atoms with Crippen LogP contribution in [0.3, 0.4) is 0 Å². The van der Waals surface area contributed by atoms with Crippen molar-refractivity contribution in [3.05, 3.63) is 58.4 Å². The molecule has 9 heteroatoms. The van der Waals surface area contributed by atoms with Gasteiger partial charge >= 0.3 is 11.3 Å². The van der Waals surface area contributed by atoms with Gasteiger partial charge in [-0.05, 0) is 47.2 Å². The van der Waals surface area contributed by atoms with Crippen molar-refractivity contribution < 1.29 is 19.0 Å². The van der Waals surface area contributed by atoms with E-state index in [-0.39, 0.29) is 18.3 Å². The number of hydrogen-bond acceptors (Lipinski definition) is 6. The Hall–Kier alpha value is -3.33. The molecule has 0 radical (unpaired) electrons. The van der Waals surface area contributed by atoms with Crippen molar-refractivity contribution in [3.63, 3.8) is 0 Å². The molecule has 164 valence electrons. The maximum atomic E-state index is 13.4. The lowest BCUT2D eigenvalue weighted by Crippen LogP contribution is -2.60. The molecule has 1 N–H and O–H groups in total. The fourth-order valence-corrected chi connectivity index (χ4v) is 4.74. The Morgan fingerprint density at radius 1 is 1.22 bits per heavy atom. The van der Waals surface area contributed by atoms with Gasteiger partial charge in [0.05, 0.1) is 11.3 Å². The summed E-state index contributed by atoms with van der Waals surface area (Å²) in [5, 5.41) is 5.27. The molecule has 32 heavy (non-hydrogen) atoms. The molecule has 3 heterocycles. The highest BCUT2D eigenvalue weighted by Gasteiger charge is 2.45. The van der Waals surface area contributed by atoms with Crippen LogP contribution >= 0.6 is 11.8 Å². The standard InChI is InChI=1S/C23H22N4O4S/c1-3-7-19(28)26-16-9-6-5-8-15(16)20-21(29)24-23(32-4-2)25-27(20)22(26)14-10-11-17-18(12-14)31-13-30-17/h5-6,8-12,22H,3-4,7,13H2,1-2H3/p+1. The normalized spacial score (nSPS) is 15.9. The van der Waals surface area contributed by atoms with Gasteiger partial charge in [0.15, 0.2) is 11.5 Å². The number of para-hydroxylation sites is 1. The van der Waals surface area contributed by atoms with Crippen LogP contribution in [-0.2, 0) is 4.79 Å². The first-order valence-electron chi connectivity index (χ1n) is 10.6. The zero-order valence-electron chi connectivity index (χ0n) is 17.8. The van der Waals surface area contributed by atoms with Crippen LogP contribution in [0.1, 0.15) is 38.4 Å². The Kier molecular flexibility index (Phi) is 5.34. The van der Waals surface area contributed by atoms with Crippen LogP contribution in [0, 0.1) is 0 Å². The minimum atomic E-state index is -0.632. The van der Waals surface area contributed by atoms with Crippen molar-refractivity contribution >= 4 is 23.4 Å². The number of fused-ring (bicyclic) bond motifs is 4. The van der Waals surface area contributed by atoms with Crippen LogP contribution in [0.25, 0.3) is 11.3 Å². The van der Waals surface area contributed by atoms with Crippen molar-refractivity contribution in [2.75, 3.05) is 17.4 Å². The topological polar surface area (TPSA) is 88.4 Å². The number of thioether (sulfide) groups is 1. The number of benzene rings is 2. The van der Waals surface area contributed by atoms with E-state index in [0.717, 1.165) is 11.3 Å². The van der Waals surface area contributed by atoms with Crippen LogP contribution in [-0.4, -0.2) is 28.5 Å². The van der Waals surface area contributed by atoms with Gasteiger partial charge in [-0.15, -0.1) is 0 Å². The fraction of sp³-hybridized carbons (Fsp3) is 0.304. The first kappa shape index (κ1) is 20.6. The first-order chi connectivity index (χ1) is 15.6. The minimum absolute atomic E-state index is 0.0347. The quantitative estimate of drug-likeness (QED) is 0.473. The zero-order valence-corrected chi connectivity index (χ0v) is 18.6. The van der Waals surface area contributed by atoms with E-state index in [1.54, 1.807) is 9.58 Å². The second-order valence-corrected chi connectivity index (χ2v) is 8.76. The molecule has 0 aliphatic carbocycles. The summed E-state index contributed by atoms with van der Waals surface area (Å²) < 4.78 is 12.7. The molecule has 0 bridgehead atoms. The number of carbonyl (C=O) groups is 1. The predicted molar refractivity (Wildman–Crippen MR) is 120 cm³/mol. The number of aromatic amines is 1. The average Bonchev–Trinajstić information content (AvgIpc) is 3.26. The van der Waals surface area contributed by atoms with Gasteiger partial charge < -0.3 is 9.47 Å². The van der Waals surface area contributed by atoms with Crippen LogP contribution in [0.5, 0.6) is 11.5 Å². The van der Waals surface area contributed by atoms with Gasteiger partial charge in [-0.2, -0.15) is 0 Å². The van der Waals surface area contributed by atoms with Gasteiger partial charge in [-0.25, -0.2) is 4.90 Å². The van der Waals surface area contributed by atoms with E-state index in [9.17, 15) is 9.59 Å². The number of anilines is 1. The van der Waals surface area contributed by atoms with Crippen molar-refractivity contribution in [3.8, 4) is 22.8 Å². The summed E-state index contributed by atoms with van der Waals surface area (Å²) in [5.41, 5.74) is 2.33. The molecular formula is C23H23N4O4S+. The third-order valence-corrected chi connectivity index (χ3v) is 6.21. The van der Waals surface area contributed by atoms with Crippen molar-refractivity contribution in [2.45, 2.75) is 38.0 Å². The molecule has 0 saturated heterocycles. The van der Waals surface area contributed by atoms with Crippen LogP contribution in [0.4, 0.5) is 5.69 Å². The fourth-order valence-electron chi connectivity index (χ4n) is 4.15. The first-order valence-corrected chi connectivity index (χ1v) is 11.6. The predicted octanol–water partition coefficient (Wildman–Crippen LogP) is 3.26. The highest BCUT2D eigenvalue weighted by Crippen LogP contribution is 2.40. The van der Waals surface area contributed by atoms with Crippen molar-refractivity contribution in [1.29, 1.82) is 0 Å². The number of rotatable bonds is 5. The van der Waals surface area contributed by atoms with Crippen molar-refractivity contribution in [2.24, 2.45) is 0 Å². The molecule has 3 aromatic rings. The molecule has 0 spiro atoms. The van der Waals surface area contributed by atoms with Crippen LogP contribution in [0.2, 0.25) is 0 Å². The molecule has 2 aliphatic heterocycles. The van der Waals surface area contributed by atoms with Gasteiger partial charge in [0.2, 0.25) is 17.9 Å². The molecule has 1 aromatic heterocycles. The largest absolute Gasteiger partial charge is 0.454 e. The molecule has 1 amide bonds. The van der Waals surface area contributed by atoms with E-state index in [1.807, 2.05) is 56.3 Å². The zero-order chi connectivity index (χ0) is 22.2. The number of nitrogens with zero attached hydrogens (tertiary/aromatic N) is 3. The Morgan fingerprint density at radius 2 is 2.03 bits per heavy atom. The number of H-pyrrole nitrogens is 1. The second-order valence-electron chi connectivity index (χ2n) is 7.50. The molecule has 5 rings (SSSR count). The third-order valence-electron chi connectivity index (χ3n) is 5.47. The van der Waals surface area contributed by atoms with E-state index < -0.39 is 6.17 Å². The van der Waals surface area contributed by atoms with E-state index in [4.69, 9.17) is 14.6 Å². The number of aromatic nitrogens is 3. The van der Waals surface area contributed by atoms with Gasteiger partial charge in [-0.3, -0.25) is 14.6 Å². The molecule has 2 aliphatic rings. The second kappa shape index (κ2) is 8.31. The molecule has 1 unspecified atom stereocenters. The molecule has 0 fully saturated rings. The highest BCUT2D eigenvalue weighted by molar-refractivity contribution is 7.99. The van der Waals surface area contributed by atoms with E-state index in [1.165, 1.54) is 11.8 Å². The van der Waals surface area contributed by atoms with Gasteiger partial charge in [0.1, 0.15) is 0 Å². The number of hydrogen-bond donors (Lipinski definition) is 1. The smallest absolute Gasteiger partial charge is 0.325 e. The Labute approximate surface area is 189 Å². The van der Waals surface area contributed by atoms with Crippen LogP contribution in [0.15, 0.2) is 52.4 Å². The Bertz CT molecular complexity index is 1260. The summed E-state index contributed by atoms with van der Waals surface area (Å²) in [6.07, 6.45) is 0.458. The summed E-state index contributed by atoms with van der Waals surface area (Å²) in [7, 11) is 0. The third kappa shape index (κ3) is 3.33. The number of ether oxygens (including phenoxy) is 2. The van der Waals surface area contributed by atoms with Crippen molar-refractivity contribution in [1.82, 2.24) is 10.1 Å². The highest BCUT2D eigenvalue weighted by atomic mass is 32.2. The molecule has 2 aromatic carbocycles. The monoisotopic (exact) mass is 451 g/mol. The summed E-state index contributed by atoms with van der Waals surface area (Å²) in [5.74, 6) is 1.99. The average molecular weight is 452 g/mol. The van der Waals surface area contributed by atoms with E-state index in [0.29, 0.717) is 46.4 Å². The lowest BCUT2D eigenvalue weighted by Gasteiger charge is -2.32. The Morgan fingerprint density at radius 3 is 2.84 bits per heavy atom. The van der Waals surface area contributed by atoms with E-state index in [2.05, 4.69) is 4.98 Å². The minimum Gasteiger partial charge on any atom is -0.454 e. The Balaban J connectivity index is 1.79.